The first-order valence-corrected chi connectivity index (χ1v) is 6.21. The number of fused-ring (bicyclic) bond motifs is 1. The normalized spacial score (nSPS) is 10.3. The van der Waals surface area contributed by atoms with Crippen molar-refractivity contribution in [3.8, 4) is 16.3 Å². The zero-order valence-electron chi connectivity index (χ0n) is 10.1. The van der Waals surface area contributed by atoms with E-state index in [1.165, 1.54) is 0 Å². The van der Waals surface area contributed by atoms with Gasteiger partial charge in [-0.3, -0.25) is 0 Å². The van der Waals surface area contributed by atoms with Gasteiger partial charge in [-0.05, 0) is 31.2 Å². The Bertz CT molecular complexity index is 660. The summed E-state index contributed by atoms with van der Waals surface area (Å²) in [5.74, 6) is 0.287. The Hall–Kier alpha value is -1.25. The van der Waals surface area contributed by atoms with Gasteiger partial charge in [-0.15, -0.1) is 11.3 Å². The van der Waals surface area contributed by atoms with E-state index >= 15 is 0 Å². The van der Waals surface area contributed by atoms with Crippen LogP contribution in [0.25, 0.3) is 20.8 Å². The second-order valence-corrected chi connectivity index (χ2v) is 5.04. The van der Waals surface area contributed by atoms with E-state index in [1.807, 2.05) is 43.3 Å². The number of aromatic nitrogens is 1. The van der Waals surface area contributed by atoms with Gasteiger partial charge in [0.25, 0.3) is 0 Å². The number of benzene rings is 2. The second kappa shape index (κ2) is 5.17. The maximum atomic E-state index is 9.88. The summed E-state index contributed by atoms with van der Waals surface area (Å²) in [7, 11) is 0. The summed E-state index contributed by atoms with van der Waals surface area (Å²) in [4.78, 5) is 4.54. The topological polar surface area (TPSA) is 33.1 Å². The van der Waals surface area contributed by atoms with Crippen LogP contribution in [0.4, 0.5) is 0 Å². The molecule has 0 saturated heterocycles. The first-order valence-electron chi connectivity index (χ1n) is 5.39. The molecule has 0 aliphatic carbocycles. The van der Waals surface area contributed by atoms with Crippen LogP contribution in [0.3, 0.4) is 0 Å². The van der Waals surface area contributed by atoms with Gasteiger partial charge < -0.3 is 5.11 Å². The quantitative estimate of drug-likeness (QED) is 0.690. The first kappa shape index (κ1) is 13.2. The van der Waals surface area contributed by atoms with E-state index in [2.05, 4.69) is 4.98 Å². The van der Waals surface area contributed by atoms with E-state index in [4.69, 9.17) is 0 Å². The van der Waals surface area contributed by atoms with Crippen LogP contribution >= 0.6 is 11.3 Å². The molecule has 3 rings (SSSR count). The number of rotatable bonds is 1. The molecule has 0 radical (unpaired) electrons. The van der Waals surface area contributed by atoms with Crippen LogP contribution in [0, 0.1) is 6.92 Å². The molecular weight excluding hydrogens is 296 g/mol. The molecule has 86 valence electrons. The number of nitrogens with zero attached hydrogens (tertiary/aromatic N) is 1. The molecule has 0 bridgehead atoms. The number of aryl methyl sites for hydroxylation is 1. The molecule has 2 nitrogen and oxygen atoms in total. The van der Waals surface area contributed by atoms with Crippen molar-refractivity contribution in [3.63, 3.8) is 0 Å². The van der Waals surface area contributed by atoms with Crippen molar-refractivity contribution in [1.82, 2.24) is 4.98 Å². The van der Waals surface area contributed by atoms with Crippen molar-refractivity contribution in [2.24, 2.45) is 0 Å². The Balaban J connectivity index is 0.00000120. The Morgan fingerprint density at radius 2 is 1.89 bits per heavy atom. The minimum absolute atomic E-state index is 0. The van der Waals surface area contributed by atoms with E-state index < -0.39 is 0 Å². The zero-order chi connectivity index (χ0) is 11.8. The molecule has 0 aliphatic rings. The van der Waals surface area contributed by atoms with Crippen molar-refractivity contribution >= 4 is 21.6 Å². The Labute approximate surface area is 122 Å². The van der Waals surface area contributed by atoms with Crippen molar-refractivity contribution in [2.45, 2.75) is 6.92 Å². The number of para-hydroxylation sites is 1. The van der Waals surface area contributed by atoms with Gasteiger partial charge in [0.05, 0.1) is 15.8 Å². The van der Waals surface area contributed by atoms with Crippen LogP contribution in [0.1, 0.15) is 5.56 Å². The third kappa shape index (κ3) is 2.31. The maximum absolute atomic E-state index is 9.88. The molecular formula is C14H11NOSZn. The van der Waals surface area contributed by atoms with Crippen molar-refractivity contribution < 1.29 is 24.6 Å². The van der Waals surface area contributed by atoms with E-state index in [1.54, 1.807) is 17.4 Å². The number of phenolic OH excluding ortho intramolecular Hbond substituents is 1. The molecule has 0 unspecified atom stereocenters. The predicted octanol–water partition coefficient (Wildman–Crippen LogP) is 3.97. The third-order valence-corrected chi connectivity index (χ3v) is 3.75. The largest absolute Gasteiger partial charge is 0.507 e. The Morgan fingerprint density at radius 3 is 2.67 bits per heavy atom. The summed E-state index contributed by atoms with van der Waals surface area (Å²) in [5.41, 5.74) is 2.91. The molecule has 1 aromatic heterocycles. The average molecular weight is 307 g/mol. The van der Waals surface area contributed by atoms with Gasteiger partial charge >= 0.3 is 0 Å². The van der Waals surface area contributed by atoms with Gasteiger partial charge in [0.2, 0.25) is 0 Å². The van der Waals surface area contributed by atoms with Gasteiger partial charge in [-0.1, -0.05) is 23.8 Å². The number of phenols is 1. The predicted molar refractivity (Wildman–Crippen MR) is 71.5 cm³/mol. The van der Waals surface area contributed by atoms with Gasteiger partial charge in [-0.2, -0.15) is 0 Å². The van der Waals surface area contributed by atoms with Crippen molar-refractivity contribution in [3.05, 3.63) is 48.0 Å². The van der Waals surface area contributed by atoms with Gasteiger partial charge in [-0.25, -0.2) is 4.98 Å². The van der Waals surface area contributed by atoms with Gasteiger partial charge in [0.1, 0.15) is 10.8 Å². The molecule has 0 spiro atoms. The van der Waals surface area contributed by atoms with Crippen LogP contribution in [-0.2, 0) is 19.5 Å². The number of hydrogen-bond donors (Lipinski definition) is 1. The molecule has 0 saturated carbocycles. The van der Waals surface area contributed by atoms with E-state index in [-0.39, 0.29) is 25.2 Å². The maximum Gasteiger partial charge on any atom is 0.128 e. The van der Waals surface area contributed by atoms with Crippen LogP contribution in [0.2, 0.25) is 0 Å². The Morgan fingerprint density at radius 1 is 1.11 bits per heavy atom. The fraction of sp³-hybridized carbons (Fsp3) is 0.0714. The first-order chi connectivity index (χ1) is 8.24. The van der Waals surface area contributed by atoms with Crippen molar-refractivity contribution in [1.29, 1.82) is 0 Å². The van der Waals surface area contributed by atoms with Crippen LogP contribution in [0.5, 0.6) is 5.75 Å². The minimum atomic E-state index is 0. The molecule has 0 amide bonds. The fourth-order valence-corrected chi connectivity index (χ4v) is 2.80. The summed E-state index contributed by atoms with van der Waals surface area (Å²) in [5, 5.41) is 10.7. The summed E-state index contributed by atoms with van der Waals surface area (Å²) in [6.07, 6.45) is 0. The molecule has 4 heteroatoms. The summed E-state index contributed by atoms with van der Waals surface area (Å²) >= 11 is 1.60. The monoisotopic (exact) mass is 305 g/mol. The third-order valence-electron chi connectivity index (χ3n) is 2.68. The molecule has 0 aliphatic heterocycles. The Kier molecular flexibility index (Phi) is 3.79. The molecule has 2 aromatic carbocycles. The van der Waals surface area contributed by atoms with E-state index in [0.717, 1.165) is 26.4 Å². The summed E-state index contributed by atoms with van der Waals surface area (Å²) in [6, 6.07) is 13.6. The molecule has 1 N–H and O–H groups in total. The minimum Gasteiger partial charge on any atom is -0.507 e. The molecule has 0 fully saturated rings. The smallest absolute Gasteiger partial charge is 0.128 e. The summed E-state index contributed by atoms with van der Waals surface area (Å²) in [6.45, 7) is 2.01. The van der Waals surface area contributed by atoms with Gasteiger partial charge in [0.15, 0.2) is 0 Å². The molecule has 1 heterocycles. The molecule has 18 heavy (non-hydrogen) atoms. The number of hydrogen-bond acceptors (Lipinski definition) is 3. The summed E-state index contributed by atoms with van der Waals surface area (Å²) < 4.78 is 1.14. The van der Waals surface area contributed by atoms with Crippen LogP contribution in [-0.4, -0.2) is 10.1 Å². The molecule has 3 aromatic rings. The van der Waals surface area contributed by atoms with Gasteiger partial charge in [0, 0.05) is 19.5 Å². The van der Waals surface area contributed by atoms with Crippen molar-refractivity contribution in [2.75, 3.05) is 0 Å². The zero-order valence-corrected chi connectivity index (χ0v) is 13.8. The van der Waals surface area contributed by atoms with Crippen LogP contribution < -0.4 is 0 Å². The fourth-order valence-electron chi connectivity index (χ4n) is 1.81. The SMILES string of the molecule is Cc1ccc(O)c(-c2nc3ccccc3s2)c1.[Zn]. The molecule has 0 atom stereocenters. The number of aromatic hydroxyl groups is 1. The standard InChI is InChI=1S/C14H11NOS.Zn/c1-9-6-7-12(16)10(8-9)14-15-11-4-2-3-5-13(11)17-14;/h2-8,16H,1H3;. The average Bonchev–Trinajstić information content (AvgIpc) is 2.75. The number of thiazole rings is 1. The van der Waals surface area contributed by atoms with E-state index in [9.17, 15) is 5.11 Å². The van der Waals surface area contributed by atoms with Crippen LogP contribution in [0.15, 0.2) is 42.5 Å². The second-order valence-electron chi connectivity index (χ2n) is 4.01. The van der Waals surface area contributed by atoms with E-state index in [0.29, 0.717) is 0 Å².